The lowest BCUT2D eigenvalue weighted by molar-refractivity contribution is -0.384. The number of pyridine rings is 2. The second kappa shape index (κ2) is 12.6. The van der Waals surface area contributed by atoms with E-state index in [4.69, 9.17) is 19.2 Å². The van der Waals surface area contributed by atoms with Crippen LogP contribution in [0.5, 0.6) is 23.0 Å². The van der Waals surface area contributed by atoms with Crippen molar-refractivity contribution in [3.63, 3.8) is 0 Å². The van der Waals surface area contributed by atoms with Gasteiger partial charge in [-0.05, 0) is 48.5 Å². The number of anilines is 2. The second-order valence-corrected chi connectivity index (χ2v) is 14.4. The Morgan fingerprint density at radius 1 is 0.879 bits per heavy atom. The molecule has 58 heavy (non-hydrogen) atoms. The average molecular weight is 799 g/mol. The van der Waals surface area contributed by atoms with E-state index < -0.39 is 45.0 Å². The highest BCUT2D eigenvalue weighted by molar-refractivity contribution is 8.00. The Labute approximate surface area is 327 Å². The van der Waals surface area contributed by atoms with E-state index in [9.17, 15) is 34.4 Å². The number of hydrogen-bond acceptors (Lipinski definition) is 12. The number of amides is 2. The molecule has 0 aliphatic carbocycles. The van der Waals surface area contributed by atoms with Crippen LogP contribution in [0.3, 0.4) is 0 Å². The number of aromatic hydroxyl groups is 1. The molecule has 6 heterocycles. The number of carbonyl (C=O) groups is 2. The molecule has 286 valence electrons. The summed E-state index contributed by atoms with van der Waals surface area (Å²) in [5, 5.41) is 29.1. The van der Waals surface area contributed by atoms with Gasteiger partial charge in [0.1, 0.15) is 22.8 Å². The summed E-state index contributed by atoms with van der Waals surface area (Å²) in [5.74, 6) is -4.12. The summed E-state index contributed by atoms with van der Waals surface area (Å²) in [5.41, 5.74) is -1.31. The molecule has 7 aromatic rings. The quantitative estimate of drug-likeness (QED) is 0.147. The summed E-state index contributed by atoms with van der Waals surface area (Å²) >= 11 is 1.32. The number of carbonyl (C=O) groups excluding carboxylic acids is 2. The summed E-state index contributed by atoms with van der Waals surface area (Å²) in [7, 11) is 0. The summed E-state index contributed by atoms with van der Waals surface area (Å²) in [4.78, 5) is 69.7. The molecule has 1 unspecified atom stereocenters. The van der Waals surface area contributed by atoms with Crippen molar-refractivity contribution in [2.24, 2.45) is 0 Å². The molecule has 16 nitrogen and oxygen atoms in total. The number of benzene rings is 4. The number of rotatable bonds is 5. The maximum atomic E-state index is 15.8. The lowest BCUT2D eigenvalue weighted by Gasteiger charge is -2.29. The van der Waals surface area contributed by atoms with E-state index in [0.717, 1.165) is 21.6 Å². The molecule has 3 aromatic heterocycles. The van der Waals surface area contributed by atoms with Gasteiger partial charge in [-0.3, -0.25) is 38.3 Å². The van der Waals surface area contributed by atoms with Crippen molar-refractivity contribution < 1.29 is 38.2 Å². The Kier molecular flexibility index (Phi) is 7.58. The largest absolute Gasteiger partial charge is 0.507 e. The van der Waals surface area contributed by atoms with Crippen LogP contribution in [0.25, 0.3) is 33.2 Å². The molecule has 4 aromatic carbocycles. The molecule has 0 saturated carbocycles. The third-order valence-electron chi connectivity index (χ3n) is 9.92. The van der Waals surface area contributed by atoms with Gasteiger partial charge in [0.05, 0.1) is 44.8 Å². The minimum absolute atomic E-state index is 0.00842. The first-order chi connectivity index (χ1) is 28.0. The van der Waals surface area contributed by atoms with E-state index in [1.165, 1.54) is 65.0 Å². The van der Waals surface area contributed by atoms with E-state index in [2.05, 4.69) is 10.6 Å². The zero-order valence-electron chi connectivity index (χ0n) is 29.3. The van der Waals surface area contributed by atoms with Crippen LogP contribution in [-0.4, -0.2) is 48.2 Å². The maximum Gasteiger partial charge on any atom is 0.323 e. The summed E-state index contributed by atoms with van der Waals surface area (Å²) in [6.07, 6.45) is 2.72. The number of ether oxygens (including phenoxy) is 3. The molecule has 0 bridgehead atoms. The number of nitrogens with zero attached hydrogens (tertiary/aromatic N) is 4. The van der Waals surface area contributed by atoms with Crippen molar-refractivity contribution >= 4 is 57.1 Å². The zero-order valence-corrected chi connectivity index (χ0v) is 30.2. The Morgan fingerprint density at radius 3 is 2.52 bits per heavy atom. The van der Waals surface area contributed by atoms with E-state index >= 15 is 4.39 Å². The first-order valence-electron chi connectivity index (χ1n) is 17.4. The first kappa shape index (κ1) is 34.7. The van der Waals surface area contributed by atoms with Gasteiger partial charge in [0.25, 0.3) is 22.7 Å². The van der Waals surface area contributed by atoms with Gasteiger partial charge in [-0.15, -0.1) is 11.8 Å². The van der Waals surface area contributed by atoms with Gasteiger partial charge in [-0.2, -0.15) is 0 Å². The van der Waals surface area contributed by atoms with Crippen molar-refractivity contribution in [3.8, 4) is 39.8 Å². The predicted molar refractivity (Wildman–Crippen MR) is 207 cm³/mol. The molecule has 0 radical (unpaired) electrons. The van der Waals surface area contributed by atoms with Gasteiger partial charge in [0.15, 0.2) is 23.9 Å². The highest BCUT2D eigenvalue weighted by atomic mass is 32.2. The van der Waals surface area contributed by atoms with Crippen LogP contribution in [-0.2, 0) is 15.4 Å². The van der Waals surface area contributed by atoms with Crippen molar-refractivity contribution in [2.75, 3.05) is 23.0 Å². The maximum absolute atomic E-state index is 15.8. The topological polar surface area (TPSA) is 206 Å². The molecule has 3 aliphatic rings. The third-order valence-corrected chi connectivity index (χ3v) is 11.0. The molecule has 18 heteroatoms. The molecule has 3 aliphatic heterocycles. The normalized spacial score (nSPS) is 16.6. The highest BCUT2D eigenvalue weighted by Crippen LogP contribution is 2.52. The SMILES string of the molecule is O=C1COc2cc(F)c(-n3cc(-c4cc5c(cc4[N+](=O)[O-])OC(c4ccc6c(c4)NC(=O)CS6)(c4cc(=O)n6ccccc6n4)O5)c4cccc(O)c4c3=O)cc2N1. The number of phenols is 1. The van der Waals surface area contributed by atoms with Crippen LogP contribution in [0.2, 0.25) is 0 Å². The van der Waals surface area contributed by atoms with E-state index in [0.29, 0.717) is 5.69 Å². The van der Waals surface area contributed by atoms with Gasteiger partial charge in [-0.1, -0.05) is 18.2 Å². The van der Waals surface area contributed by atoms with Crippen molar-refractivity contribution in [1.82, 2.24) is 14.0 Å². The molecule has 1 atom stereocenters. The minimum Gasteiger partial charge on any atom is -0.507 e. The van der Waals surface area contributed by atoms with Crippen LogP contribution >= 0.6 is 11.8 Å². The predicted octanol–water partition coefficient (Wildman–Crippen LogP) is 5.47. The number of fused-ring (bicyclic) bond motifs is 5. The number of nitrogens with one attached hydrogen (secondary N) is 2. The number of phenolic OH excluding ortho intramolecular Hbond substituents is 1. The standard InChI is InChI=1S/C40H23FN6O10S/c41-23-12-29-24(42-35(49)17-55-29)13-27(23)46-16-22(20-4-3-5-28(48)38(20)39(46)52)21-11-30-31(14-26(21)47(53)54)57-40(56-30,19-7-8-32-25(10-19)43-36(50)18-58-32)33-15-37(51)45-9-2-1-6-34(45)44-33/h1-16,48H,17-18H2,(H,42,49)(H,43,50). The van der Waals surface area contributed by atoms with E-state index in [1.54, 1.807) is 36.4 Å². The van der Waals surface area contributed by atoms with Crippen LogP contribution in [0.1, 0.15) is 11.3 Å². The molecule has 0 fully saturated rings. The van der Waals surface area contributed by atoms with Crippen LogP contribution in [0.4, 0.5) is 21.5 Å². The molecule has 0 saturated heterocycles. The number of aromatic nitrogens is 3. The molecular formula is C40H23FN6O10S. The third kappa shape index (κ3) is 5.33. The van der Waals surface area contributed by atoms with Crippen molar-refractivity contribution in [1.29, 1.82) is 0 Å². The number of nitro benzene ring substituents is 1. The van der Waals surface area contributed by atoms with E-state index in [-0.39, 0.29) is 85.7 Å². The summed E-state index contributed by atoms with van der Waals surface area (Å²) < 4.78 is 36.5. The van der Waals surface area contributed by atoms with Crippen molar-refractivity contribution in [2.45, 2.75) is 10.7 Å². The van der Waals surface area contributed by atoms with Gasteiger partial charge >= 0.3 is 5.79 Å². The smallest absolute Gasteiger partial charge is 0.323 e. The molecule has 2 amide bonds. The summed E-state index contributed by atoms with van der Waals surface area (Å²) in [6, 6.07) is 20.0. The summed E-state index contributed by atoms with van der Waals surface area (Å²) in [6.45, 7) is -0.342. The first-order valence-corrected chi connectivity index (χ1v) is 18.4. The molecule has 3 N–H and O–H groups in total. The Balaban J connectivity index is 1.20. The fourth-order valence-corrected chi connectivity index (χ4v) is 8.11. The fourth-order valence-electron chi connectivity index (χ4n) is 7.32. The average Bonchev–Trinajstić information content (AvgIpc) is 3.60. The number of hydrogen-bond donors (Lipinski definition) is 3. The van der Waals surface area contributed by atoms with Gasteiger partial charge in [0, 0.05) is 45.9 Å². The Hall–Kier alpha value is -7.73. The van der Waals surface area contributed by atoms with E-state index in [1.807, 2.05) is 0 Å². The monoisotopic (exact) mass is 798 g/mol. The van der Waals surface area contributed by atoms with Crippen LogP contribution < -0.4 is 36.0 Å². The Morgan fingerprint density at radius 2 is 1.69 bits per heavy atom. The van der Waals surface area contributed by atoms with Crippen LogP contribution in [0.15, 0.2) is 112 Å². The Bertz CT molecular complexity index is 3150. The minimum atomic E-state index is -2.03. The lowest BCUT2D eigenvalue weighted by atomic mass is 9.98. The van der Waals surface area contributed by atoms with Gasteiger partial charge < -0.3 is 30.0 Å². The molecule has 10 rings (SSSR count). The molecule has 0 spiro atoms. The fraction of sp³-hybridized carbons (Fsp3) is 0.0750. The van der Waals surface area contributed by atoms with Gasteiger partial charge in [-0.25, -0.2) is 9.37 Å². The van der Waals surface area contributed by atoms with Crippen molar-refractivity contribution in [3.05, 3.63) is 145 Å². The molecular weight excluding hydrogens is 776 g/mol. The highest BCUT2D eigenvalue weighted by Gasteiger charge is 2.49. The number of thioether (sulfide) groups is 1. The second-order valence-electron chi connectivity index (χ2n) is 13.4. The zero-order chi connectivity index (χ0) is 40.0. The van der Waals surface area contributed by atoms with Gasteiger partial charge in [0.2, 0.25) is 5.91 Å². The number of halogens is 1. The number of nitro groups is 1. The van der Waals surface area contributed by atoms with Crippen LogP contribution in [0, 0.1) is 15.9 Å². The lowest BCUT2D eigenvalue weighted by Crippen LogP contribution is -2.39.